The molecule has 0 atom stereocenters. The Hall–Kier alpha value is -2.23. The second-order valence-electron chi connectivity index (χ2n) is 4.19. The van der Waals surface area contributed by atoms with Crippen molar-refractivity contribution in [3.63, 3.8) is 0 Å². The molecule has 0 aliphatic heterocycles. The van der Waals surface area contributed by atoms with E-state index in [1.165, 1.54) is 0 Å². The van der Waals surface area contributed by atoms with Crippen LogP contribution in [-0.4, -0.2) is 19.5 Å². The molecule has 18 heavy (non-hydrogen) atoms. The normalized spacial score (nSPS) is 11.0. The lowest BCUT2D eigenvalue weighted by Gasteiger charge is -2.09. The molecule has 3 aromatic rings. The Kier molecular flexibility index (Phi) is 2.55. The minimum absolute atomic E-state index is 0.864. The number of aryl methyl sites for hydroxylation is 2. The van der Waals surface area contributed by atoms with Crippen molar-refractivity contribution in [3.8, 4) is 5.82 Å². The number of fused-ring (bicyclic) bond motifs is 1. The Bertz CT molecular complexity index is 700. The fraction of sp³-hybridized carbons (Fsp3) is 0.214. The van der Waals surface area contributed by atoms with Gasteiger partial charge in [0.2, 0.25) is 0 Å². The summed E-state index contributed by atoms with van der Waals surface area (Å²) in [7, 11) is 0. The summed E-state index contributed by atoms with van der Waals surface area (Å²) in [6, 6.07) is 7.91. The van der Waals surface area contributed by atoms with Crippen LogP contribution in [0.3, 0.4) is 0 Å². The van der Waals surface area contributed by atoms with E-state index in [0.29, 0.717) is 0 Å². The van der Waals surface area contributed by atoms with Crippen LogP contribution in [0.1, 0.15) is 18.4 Å². The number of hydrogen-bond acceptors (Lipinski definition) is 3. The van der Waals surface area contributed by atoms with Gasteiger partial charge in [-0.2, -0.15) is 0 Å². The van der Waals surface area contributed by atoms with Gasteiger partial charge < -0.3 is 0 Å². The Labute approximate surface area is 105 Å². The number of aromatic nitrogens is 4. The summed E-state index contributed by atoms with van der Waals surface area (Å²) < 4.78 is 2.01. The van der Waals surface area contributed by atoms with Crippen LogP contribution in [0.4, 0.5) is 0 Å². The lowest BCUT2D eigenvalue weighted by atomic mass is 10.3. The number of hydrogen-bond donors (Lipinski definition) is 0. The summed E-state index contributed by atoms with van der Waals surface area (Å²) in [5, 5.41) is 0. The molecule has 2 heterocycles. The zero-order valence-corrected chi connectivity index (χ0v) is 10.5. The first-order chi connectivity index (χ1) is 8.79. The molecule has 0 unspecified atom stereocenters. The van der Waals surface area contributed by atoms with Gasteiger partial charge in [0, 0.05) is 18.8 Å². The molecule has 0 N–H and O–H groups in total. The molecule has 0 amide bonds. The number of rotatable bonds is 2. The molecule has 0 saturated heterocycles. The molecule has 0 aliphatic carbocycles. The third-order valence-electron chi connectivity index (χ3n) is 2.98. The Morgan fingerprint density at radius 3 is 2.56 bits per heavy atom. The summed E-state index contributed by atoms with van der Waals surface area (Å²) in [6.45, 7) is 4.07. The SMILES string of the molecule is CCc1nccn1-c1nc2ccccc2nc1C. The minimum atomic E-state index is 0.864. The van der Waals surface area contributed by atoms with Gasteiger partial charge in [0.05, 0.1) is 16.7 Å². The molecule has 1 aromatic carbocycles. The highest BCUT2D eigenvalue weighted by Crippen LogP contribution is 2.17. The minimum Gasteiger partial charge on any atom is -0.286 e. The van der Waals surface area contributed by atoms with Crippen LogP contribution in [0.25, 0.3) is 16.9 Å². The first-order valence-electron chi connectivity index (χ1n) is 6.05. The smallest absolute Gasteiger partial charge is 0.160 e. The Morgan fingerprint density at radius 1 is 1.11 bits per heavy atom. The molecule has 3 rings (SSSR count). The predicted molar refractivity (Wildman–Crippen MR) is 70.8 cm³/mol. The summed E-state index contributed by atoms with van der Waals surface area (Å²) in [5.74, 6) is 1.87. The first-order valence-corrected chi connectivity index (χ1v) is 6.05. The third-order valence-corrected chi connectivity index (χ3v) is 2.98. The van der Waals surface area contributed by atoms with E-state index in [2.05, 4.69) is 21.9 Å². The molecule has 2 aromatic heterocycles. The van der Waals surface area contributed by atoms with Crippen LogP contribution >= 0.6 is 0 Å². The summed E-state index contributed by atoms with van der Waals surface area (Å²) in [5.41, 5.74) is 2.76. The van der Waals surface area contributed by atoms with Crippen molar-refractivity contribution in [1.29, 1.82) is 0 Å². The van der Waals surface area contributed by atoms with Crippen molar-refractivity contribution < 1.29 is 0 Å². The number of nitrogens with zero attached hydrogens (tertiary/aromatic N) is 4. The van der Waals surface area contributed by atoms with Crippen LogP contribution in [0.2, 0.25) is 0 Å². The van der Waals surface area contributed by atoms with Crippen molar-refractivity contribution >= 4 is 11.0 Å². The zero-order valence-electron chi connectivity index (χ0n) is 10.5. The standard InChI is InChI=1S/C14H14N4/c1-3-13-15-8-9-18(13)14-10(2)16-11-6-4-5-7-12(11)17-14/h4-9H,3H2,1-2H3. The molecule has 0 radical (unpaired) electrons. The van der Waals surface area contributed by atoms with E-state index in [1.807, 2.05) is 42.0 Å². The molecular formula is C14H14N4. The lowest BCUT2D eigenvalue weighted by molar-refractivity contribution is 0.857. The first kappa shape index (κ1) is 10.9. The molecule has 0 bridgehead atoms. The highest BCUT2D eigenvalue weighted by Gasteiger charge is 2.09. The van der Waals surface area contributed by atoms with E-state index < -0.39 is 0 Å². The monoisotopic (exact) mass is 238 g/mol. The van der Waals surface area contributed by atoms with Crippen molar-refractivity contribution in [3.05, 3.63) is 48.2 Å². The second-order valence-corrected chi connectivity index (χ2v) is 4.19. The highest BCUT2D eigenvalue weighted by atomic mass is 15.1. The van der Waals surface area contributed by atoms with Crippen LogP contribution in [0.5, 0.6) is 0 Å². The quantitative estimate of drug-likeness (QED) is 0.689. The molecule has 0 spiro atoms. The fourth-order valence-electron chi connectivity index (χ4n) is 2.10. The van der Waals surface area contributed by atoms with E-state index in [4.69, 9.17) is 0 Å². The van der Waals surface area contributed by atoms with Crippen molar-refractivity contribution in [2.45, 2.75) is 20.3 Å². The van der Waals surface area contributed by atoms with E-state index in [9.17, 15) is 0 Å². The van der Waals surface area contributed by atoms with Crippen molar-refractivity contribution in [2.24, 2.45) is 0 Å². The van der Waals surface area contributed by atoms with Gasteiger partial charge in [0.15, 0.2) is 5.82 Å². The van der Waals surface area contributed by atoms with Crippen molar-refractivity contribution in [2.75, 3.05) is 0 Å². The van der Waals surface area contributed by atoms with Gasteiger partial charge in [-0.3, -0.25) is 4.57 Å². The maximum absolute atomic E-state index is 4.69. The van der Waals surface area contributed by atoms with E-state index in [0.717, 1.165) is 34.8 Å². The van der Waals surface area contributed by atoms with Crippen LogP contribution in [0, 0.1) is 6.92 Å². The summed E-state index contributed by atoms with van der Waals surface area (Å²) >= 11 is 0. The Morgan fingerprint density at radius 2 is 1.83 bits per heavy atom. The van der Waals surface area contributed by atoms with Gasteiger partial charge in [-0.05, 0) is 19.1 Å². The number of para-hydroxylation sites is 2. The average Bonchev–Trinajstić information content (AvgIpc) is 2.86. The highest BCUT2D eigenvalue weighted by molar-refractivity contribution is 5.75. The van der Waals surface area contributed by atoms with Gasteiger partial charge >= 0.3 is 0 Å². The lowest BCUT2D eigenvalue weighted by Crippen LogP contribution is -2.05. The second kappa shape index (κ2) is 4.22. The van der Waals surface area contributed by atoms with E-state index in [-0.39, 0.29) is 0 Å². The van der Waals surface area contributed by atoms with Gasteiger partial charge in [-0.15, -0.1) is 0 Å². The number of benzene rings is 1. The topological polar surface area (TPSA) is 43.6 Å². The molecular weight excluding hydrogens is 224 g/mol. The molecule has 4 nitrogen and oxygen atoms in total. The molecule has 4 heteroatoms. The zero-order chi connectivity index (χ0) is 12.5. The summed E-state index contributed by atoms with van der Waals surface area (Å²) in [6.07, 6.45) is 4.61. The largest absolute Gasteiger partial charge is 0.286 e. The van der Waals surface area contributed by atoms with Crippen LogP contribution in [0.15, 0.2) is 36.7 Å². The maximum Gasteiger partial charge on any atom is 0.160 e. The van der Waals surface area contributed by atoms with E-state index in [1.54, 1.807) is 6.20 Å². The average molecular weight is 238 g/mol. The molecule has 0 fully saturated rings. The van der Waals surface area contributed by atoms with Crippen molar-refractivity contribution in [1.82, 2.24) is 19.5 Å². The van der Waals surface area contributed by atoms with Gasteiger partial charge in [0.25, 0.3) is 0 Å². The maximum atomic E-state index is 4.69. The van der Waals surface area contributed by atoms with Crippen LogP contribution in [-0.2, 0) is 6.42 Å². The van der Waals surface area contributed by atoms with Crippen LogP contribution < -0.4 is 0 Å². The van der Waals surface area contributed by atoms with Gasteiger partial charge in [-0.1, -0.05) is 19.1 Å². The number of imidazole rings is 1. The molecule has 0 aliphatic rings. The fourth-order valence-corrected chi connectivity index (χ4v) is 2.10. The third kappa shape index (κ3) is 1.66. The van der Waals surface area contributed by atoms with Gasteiger partial charge in [-0.25, -0.2) is 15.0 Å². The predicted octanol–water partition coefficient (Wildman–Crippen LogP) is 2.69. The van der Waals surface area contributed by atoms with E-state index >= 15 is 0 Å². The van der Waals surface area contributed by atoms with Gasteiger partial charge in [0.1, 0.15) is 5.82 Å². The molecule has 0 saturated carbocycles. The molecule has 90 valence electrons. The summed E-state index contributed by atoms with van der Waals surface area (Å²) in [4.78, 5) is 13.6. The Balaban J connectivity index is 2.26.